The van der Waals surface area contributed by atoms with Crippen molar-refractivity contribution in [2.45, 2.75) is 89.8 Å². The molecule has 2 aliphatic rings. The summed E-state index contributed by atoms with van der Waals surface area (Å²) in [6.45, 7) is 12.3. The second-order valence-corrected chi connectivity index (χ2v) is 7.40. The van der Waals surface area contributed by atoms with Gasteiger partial charge in [-0.3, -0.25) is 4.90 Å². The SMILES string of the molecule is CCN(CC)C(C)(CC)C(N)C1CCOC2(CCCC2)C1. The van der Waals surface area contributed by atoms with E-state index in [1.165, 1.54) is 32.1 Å². The summed E-state index contributed by atoms with van der Waals surface area (Å²) in [6, 6.07) is 0.253. The number of nitrogens with two attached hydrogens (primary N) is 1. The summed E-state index contributed by atoms with van der Waals surface area (Å²) in [5.74, 6) is 0.613. The molecular formula is C18H36N2O. The molecule has 0 aromatic rings. The van der Waals surface area contributed by atoms with Crippen molar-refractivity contribution in [3.8, 4) is 0 Å². The van der Waals surface area contributed by atoms with Crippen molar-refractivity contribution in [3.05, 3.63) is 0 Å². The first-order valence-electron chi connectivity index (χ1n) is 9.16. The standard InChI is InChI=1S/C18H36N2O/c1-5-17(4,20(6-2)7-3)16(19)15-10-13-21-18(14-15)11-8-9-12-18/h15-16H,5-14,19H2,1-4H3. The molecule has 1 saturated heterocycles. The third-order valence-electron chi connectivity index (χ3n) is 6.47. The summed E-state index contributed by atoms with van der Waals surface area (Å²) >= 11 is 0. The van der Waals surface area contributed by atoms with Crippen molar-refractivity contribution >= 4 is 0 Å². The zero-order valence-electron chi connectivity index (χ0n) is 14.7. The van der Waals surface area contributed by atoms with Crippen LogP contribution >= 0.6 is 0 Å². The molecule has 0 radical (unpaired) electrons. The molecule has 3 heteroatoms. The fourth-order valence-electron chi connectivity index (χ4n) is 4.86. The van der Waals surface area contributed by atoms with Crippen LogP contribution in [0.2, 0.25) is 0 Å². The van der Waals surface area contributed by atoms with Crippen molar-refractivity contribution in [2.75, 3.05) is 19.7 Å². The highest BCUT2D eigenvalue weighted by Gasteiger charge is 2.46. The van der Waals surface area contributed by atoms with Gasteiger partial charge in [0.2, 0.25) is 0 Å². The van der Waals surface area contributed by atoms with Gasteiger partial charge in [-0.1, -0.05) is 33.6 Å². The number of rotatable bonds is 6. The van der Waals surface area contributed by atoms with Crippen LogP contribution in [-0.4, -0.2) is 41.8 Å². The predicted octanol–water partition coefficient (Wildman–Crippen LogP) is 3.56. The van der Waals surface area contributed by atoms with Crippen LogP contribution in [0.5, 0.6) is 0 Å². The van der Waals surface area contributed by atoms with Gasteiger partial charge in [-0.2, -0.15) is 0 Å². The largest absolute Gasteiger partial charge is 0.375 e. The Labute approximate surface area is 131 Å². The summed E-state index contributed by atoms with van der Waals surface area (Å²) in [4.78, 5) is 2.56. The van der Waals surface area contributed by atoms with E-state index in [1.54, 1.807) is 0 Å². The lowest BCUT2D eigenvalue weighted by atomic mass is 9.73. The second-order valence-electron chi connectivity index (χ2n) is 7.40. The number of hydrogen-bond donors (Lipinski definition) is 1. The van der Waals surface area contributed by atoms with Gasteiger partial charge >= 0.3 is 0 Å². The summed E-state index contributed by atoms with van der Waals surface area (Å²) in [7, 11) is 0. The average Bonchev–Trinajstić information content (AvgIpc) is 2.95. The molecule has 1 aliphatic carbocycles. The Morgan fingerprint density at radius 1 is 1.24 bits per heavy atom. The number of ether oxygens (including phenoxy) is 1. The van der Waals surface area contributed by atoms with E-state index in [4.69, 9.17) is 10.5 Å². The highest BCUT2D eigenvalue weighted by Crippen LogP contribution is 2.44. The van der Waals surface area contributed by atoms with E-state index in [9.17, 15) is 0 Å². The monoisotopic (exact) mass is 296 g/mol. The maximum Gasteiger partial charge on any atom is 0.0685 e. The second kappa shape index (κ2) is 6.97. The molecule has 21 heavy (non-hydrogen) atoms. The topological polar surface area (TPSA) is 38.5 Å². The summed E-state index contributed by atoms with van der Waals surface area (Å²) in [5.41, 5.74) is 7.14. The van der Waals surface area contributed by atoms with Gasteiger partial charge in [0, 0.05) is 18.2 Å². The van der Waals surface area contributed by atoms with Crippen molar-refractivity contribution in [3.63, 3.8) is 0 Å². The maximum absolute atomic E-state index is 6.84. The molecule has 3 unspecified atom stereocenters. The molecule has 2 fully saturated rings. The van der Waals surface area contributed by atoms with Crippen LogP contribution in [0.4, 0.5) is 0 Å². The van der Waals surface area contributed by atoms with E-state index in [0.717, 1.165) is 32.5 Å². The van der Waals surface area contributed by atoms with Gasteiger partial charge in [-0.25, -0.2) is 0 Å². The third-order valence-corrected chi connectivity index (χ3v) is 6.47. The van der Waals surface area contributed by atoms with E-state index in [1.807, 2.05) is 0 Å². The minimum Gasteiger partial charge on any atom is -0.375 e. The van der Waals surface area contributed by atoms with Crippen LogP contribution in [-0.2, 0) is 4.74 Å². The number of likely N-dealkylation sites (N-methyl/N-ethyl adjacent to an activating group) is 1. The Kier molecular flexibility index (Phi) is 5.72. The maximum atomic E-state index is 6.84. The molecule has 1 saturated carbocycles. The highest BCUT2D eigenvalue weighted by molar-refractivity contribution is 5.02. The fraction of sp³-hybridized carbons (Fsp3) is 1.00. The predicted molar refractivity (Wildman–Crippen MR) is 89.5 cm³/mol. The Morgan fingerprint density at radius 2 is 1.86 bits per heavy atom. The van der Waals surface area contributed by atoms with Crippen LogP contribution in [0.15, 0.2) is 0 Å². The van der Waals surface area contributed by atoms with Gasteiger partial charge in [0.05, 0.1) is 5.60 Å². The molecule has 3 atom stereocenters. The van der Waals surface area contributed by atoms with Gasteiger partial charge in [-0.05, 0) is 58.0 Å². The molecule has 2 N–H and O–H groups in total. The average molecular weight is 296 g/mol. The van der Waals surface area contributed by atoms with Crippen LogP contribution < -0.4 is 5.73 Å². The minimum absolute atomic E-state index is 0.116. The van der Waals surface area contributed by atoms with Crippen LogP contribution in [0.25, 0.3) is 0 Å². The first kappa shape index (κ1) is 17.2. The molecular weight excluding hydrogens is 260 g/mol. The number of nitrogens with zero attached hydrogens (tertiary/aromatic N) is 1. The molecule has 0 aromatic carbocycles. The lowest BCUT2D eigenvalue weighted by molar-refractivity contribution is -0.105. The van der Waals surface area contributed by atoms with Gasteiger partial charge in [0.25, 0.3) is 0 Å². The Hall–Kier alpha value is -0.120. The van der Waals surface area contributed by atoms with E-state index in [-0.39, 0.29) is 17.2 Å². The molecule has 1 heterocycles. The minimum atomic E-state index is 0.116. The Bertz CT molecular complexity index is 323. The molecule has 3 nitrogen and oxygen atoms in total. The number of hydrogen-bond acceptors (Lipinski definition) is 3. The van der Waals surface area contributed by atoms with E-state index < -0.39 is 0 Å². The lowest BCUT2D eigenvalue weighted by Gasteiger charge is -2.50. The van der Waals surface area contributed by atoms with Crippen molar-refractivity contribution < 1.29 is 4.74 Å². The fourth-order valence-corrected chi connectivity index (χ4v) is 4.86. The first-order chi connectivity index (χ1) is 10.0. The normalized spacial score (nSPS) is 29.7. The van der Waals surface area contributed by atoms with Gasteiger partial charge in [0.15, 0.2) is 0 Å². The molecule has 1 aliphatic heterocycles. The first-order valence-corrected chi connectivity index (χ1v) is 9.16. The zero-order valence-corrected chi connectivity index (χ0v) is 14.7. The van der Waals surface area contributed by atoms with Gasteiger partial charge in [-0.15, -0.1) is 0 Å². The lowest BCUT2D eigenvalue weighted by Crippen LogP contribution is -2.62. The van der Waals surface area contributed by atoms with Crippen molar-refractivity contribution in [2.24, 2.45) is 11.7 Å². The van der Waals surface area contributed by atoms with Crippen molar-refractivity contribution in [1.82, 2.24) is 4.90 Å². The molecule has 0 amide bonds. The summed E-state index contributed by atoms with van der Waals surface area (Å²) < 4.78 is 6.20. The molecule has 124 valence electrons. The molecule has 0 bridgehead atoms. The van der Waals surface area contributed by atoms with Gasteiger partial charge in [0.1, 0.15) is 0 Å². The summed E-state index contributed by atoms with van der Waals surface area (Å²) in [5, 5.41) is 0. The summed E-state index contributed by atoms with van der Waals surface area (Å²) in [6.07, 6.45) is 8.63. The smallest absolute Gasteiger partial charge is 0.0685 e. The quantitative estimate of drug-likeness (QED) is 0.814. The van der Waals surface area contributed by atoms with Crippen LogP contribution in [0.1, 0.15) is 72.6 Å². The van der Waals surface area contributed by atoms with Crippen molar-refractivity contribution in [1.29, 1.82) is 0 Å². The van der Waals surface area contributed by atoms with Crippen LogP contribution in [0.3, 0.4) is 0 Å². The molecule has 0 aromatic heterocycles. The van der Waals surface area contributed by atoms with E-state index >= 15 is 0 Å². The Balaban J connectivity index is 2.11. The van der Waals surface area contributed by atoms with E-state index in [0.29, 0.717) is 5.92 Å². The highest BCUT2D eigenvalue weighted by atomic mass is 16.5. The zero-order chi connectivity index (χ0) is 15.5. The Morgan fingerprint density at radius 3 is 2.38 bits per heavy atom. The van der Waals surface area contributed by atoms with Gasteiger partial charge < -0.3 is 10.5 Å². The molecule has 2 rings (SSSR count). The molecule has 1 spiro atoms. The van der Waals surface area contributed by atoms with E-state index in [2.05, 4.69) is 32.6 Å². The van der Waals surface area contributed by atoms with Crippen LogP contribution in [0, 0.1) is 5.92 Å². The third kappa shape index (κ3) is 3.30.